The molecule has 0 radical (unpaired) electrons. The Labute approximate surface area is 150 Å². The number of amides is 3. The number of carbonyl (C=O) groups excluding carboxylic acids is 3. The Balaban J connectivity index is 1.57. The summed E-state index contributed by atoms with van der Waals surface area (Å²) in [6, 6.07) is 13.0. The number of benzene rings is 1. The van der Waals surface area contributed by atoms with Gasteiger partial charge in [-0.15, -0.1) is 11.3 Å². The Kier molecular flexibility index (Phi) is 7.16. The van der Waals surface area contributed by atoms with E-state index in [4.69, 9.17) is 0 Å². The van der Waals surface area contributed by atoms with Gasteiger partial charge >= 0.3 is 0 Å². The third-order valence-corrected chi connectivity index (χ3v) is 4.35. The van der Waals surface area contributed by atoms with E-state index in [1.54, 1.807) is 6.07 Å². The summed E-state index contributed by atoms with van der Waals surface area (Å²) in [7, 11) is 0. The van der Waals surface area contributed by atoms with Crippen LogP contribution in [0.4, 0.5) is 0 Å². The van der Waals surface area contributed by atoms with Crippen molar-refractivity contribution in [3.63, 3.8) is 0 Å². The second kappa shape index (κ2) is 9.58. The highest BCUT2D eigenvalue weighted by Crippen LogP contribution is 2.14. The Morgan fingerprint density at radius 2 is 1.56 bits per heavy atom. The highest BCUT2D eigenvalue weighted by Gasteiger charge is 2.09. The van der Waals surface area contributed by atoms with Crippen molar-refractivity contribution in [1.82, 2.24) is 16.0 Å². The third-order valence-electron chi connectivity index (χ3n) is 3.35. The van der Waals surface area contributed by atoms with Crippen LogP contribution in [0.1, 0.15) is 20.1 Å². The average molecular weight is 359 g/mol. The SMILES string of the molecule is Cc1ccc(C(=O)NCC(=O)NCCNC(=O)Cc2ccccc2)s1. The minimum atomic E-state index is -0.293. The second-order valence-corrected chi connectivity index (χ2v) is 6.74. The minimum absolute atomic E-state index is 0.0895. The minimum Gasteiger partial charge on any atom is -0.354 e. The lowest BCUT2D eigenvalue weighted by atomic mass is 10.1. The van der Waals surface area contributed by atoms with Crippen LogP contribution in [0.15, 0.2) is 42.5 Å². The van der Waals surface area contributed by atoms with Crippen molar-refractivity contribution < 1.29 is 14.4 Å². The number of nitrogens with one attached hydrogen (secondary N) is 3. The number of carbonyl (C=O) groups is 3. The fraction of sp³-hybridized carbons (Fsp3) is 0.278. The predicted molar refractivity (Wildman–Crippen MR) is 97.6 cm³/mol. The first-order valence-electron chi connectivity index (χ1n) is 7.96. The fourth-order valence-corrected chi connectivity index (χ4v) is 2.90. The van der Waals surface area contributed by atoms with E-state index in [9.17, 15) is 14.4 Å². The number of hydrogen-bond acceptors (Lipinski definition) is 4. The fourth-order valence-electron chi connectivity index (χ4n) is 2.11. The molecule has 1 aromatic heterocycles. The van der Waals surface area contributed by atoms with Gasteiger partial charge in [0.2, 0.25) is 11.8 Å². The van der Waals surface area contributed by atoms with E-state index in [-0.39, 0.29) is 24.3 Å². The first-order chi connectivity index (χ1) is 12.0. The van der Waals surface area contributed by atoms with E-state index in [1.165, 1.54) is 11.3 Å². The van der Waals surface area contributed by atoms with Crippen LogP contribution in [0.5, 0.6) is 0 Å². The third kappa shape index (κ3) is 6.76. The van der Waals surface area contributed by atoms with Gasteiger partial charge in [-0.05, 0) is 24.6 Å². The maximum absolute atomic E-state index is 11.8. The molecule has 0 aliphatic carbocycles. The molecule has 2 rings (SSSR count). The largest absolute Gasteiger partial charge is 0.354 e. The Bertz CT molecular complexity index is 728. The Hall–Kier alpha value is -2.67. The summed E-state index contributed by atoms with van der Waals surface area (Å²) in [6.07, 6.45) is 0.311. The molecule has 25 heavy (non-hydrogen) atoms. The van der Waals surface area contributed by atoms with Gasteiger partial charge in [-0.3, -0.25) is 14.4 Å². The van der Waals surface area contributed by atoms with E-state index in [0.29, 0.717) is 24.4 Å². The van der Waals surface area contributed by atoms with Crippen molar-refractivity contribution in [2.75, 3.05) is 19.6 Å². The molecule has 3 N–H and O–H groups in total. The molecule has 0 saturated heterocycles. The van der Waals surface area contributed by atoms with Gasteiger partial charge in [0, 0.05) is 18.0 Å². The van der Waals surface area contributed by atoms with Crippen LogP contribution in [0.25, 0.3) is 0 Å². The lowest BCUT2D eigenvalue weighted by molar-refractivity contribution is -0.122. The second-order valence-electron chi connectivity index (χ2n) is 5.46. The monoisotopic (exact) mass is 359 g/mol. The van der Waals surface area contributed by atoms with Crippen molar-refractivity contribution >= 4 is 29.1 Å². The van der Waals surface area contributed by atoms with Crippen LogP contribution in [-0.4, -0.2) is 37.4 Å². The summed E-state index contributed by atoms with van der Waals surface area (Å²) in [6.45, 7) is 2.48. The number of rotatable bonds is 8. The van der Waals surface area contributed by atoms with E-state index in [2.05, 4.69) is 16.0 Å². The molecule has 0 unspecified atom stereocenters. The molecule has 6 nitrogen and oxygen atoms in total. The maximum Gasteiger partial charge on any atom is 0.261 e. The van der Waals surface area contributed by atoms with Crippen LogP contribution < -0.4 is 16.0 Å². The summed E-state index contributed by atoms with van der Waals surface area (Å²) < 4.78 is 0. The highest BCUT2D eigenvalue weighted by atomic mass is 32.1. The summed E-state index contributed by atoms with van der Waals surface area (Å²) >= 11 is 1.38. The quantitative estimate of drug-likeness (QED) is 0.620. The first kappa shape index (κ1) is 18.7. The first-order valence-corrected chi connectivity index (χ1v) is 8.78. The summed E-state index contributed by atoms with van der Waals surface area (Å²) in [5.74, 6) is -0.648. The summed E-state index contributed by atoms with van der Waals surface area (Å²) in [5, 5.41) is 7.96. The van der Waals surface area contributed by atoms with Crippen molar-refractivity contribution in [3.8, 4) is 0 Å². The normalized spacial score (nSPS) is 10.1. The Morgan fingerprint density at radius 3 is 2.20 bits per heavy atom. The number of hydrogen-bond donors (Lipinski definition) is 3. The van der Waals surface area contributed by atoms with Crippen molar-refractivity contribution in [2.45, 2.75) is 13.3 Å². The van der Waals surface area contributed by atoms with Crippen LogP contribution >= 0.6 is 11.3 Å². The standard InChI is InChI=1S/C18H21N3O3S/c1-13-7-8-15(25-13)18(24)21-12-17(23)20-10-9-19-16(22)11-14-5-3-2-4-6-14/h2-8H,9-12H2,1H3,(H,19,22)(H,20,23)(H,21,24). The van der Waals surface area contributed by atoms with Crippen molar-refractivity contribution in [3.05, 3.63) is 57.8 Å². The van der Waals surface area contributed by atoms with E-state index >= 15 is 0 Å². The molecule has 7 heteroatoms. The molecule has 1 aromatic carbocycles. The molecule has 0 atom stereocenters. The highest BCUT2D eigenvalue weighted by molar-refractivity contribution is 7.13. The molecule has 0 fully saturated rings. The molecular formula is C18H21N3O3S. The molecule has 132 valence electrons. The summed E-state index contributed by atoms with van der Waals surface area (Å²) in [4.78, 5) is 36.9. The zero-order valence-corrected chi connectivity index (χ0v) is 14.8. The molecular weight excluding hydrogens is 338 g/mol. The molecule has 0 saturated carbocycles. The van der Waals surface area contributed by atoms with Crippen molar-refractivity contribution in [2.24, 2.45) is 0 Å². The summed E-state index contributed by atoms with van der Waals surface area (Å²) in [5.41, 5.74) is 0.940. The zero-order valence-electron chi connectivity index (χ0n) is 14.0. The van der Waals surface area contributed by atoms with Crippen LogP contribution in [0.3, 0.4) is 0 Å². The average Bonchev–Trinajstić information content (AvgIpc) is 3.04. The van der Waals surface area contributed by atoms with Gasteiger partial charge in [-0.25, -0.2) is 0 Å². The van der Waals surface area contributed by atoms with Crippen LogP contribution in [-0.2, 0) is 16.0 Å². The van der Waals surface area contributed by atoms with Gasteiger partial charge in [-0.1, -0.05) is 30.3 Å². The van der Waals surface area contributed by atoms with Crippen LogP contribution in [0, 0.1) is 6.92 Å². The predicted octanol–water partition coefficient (Wildman–Crippen LogP) is 1.26. The van der Waals surface area contributed by atoms with Gasteiger partial charge in [-0.2, -0.15) is 0 Å². The smallest absolute Gasteiger partial charge is 0.261 e. The van der Waals surface area contributed by atoms with E-state index < -0.39 is 0 Å². The molecule has 0 spiro atoms. The lowest BCUT2D eigenvalue weighted by Crippen LogP contribution is -2.40. The van der Waals surface area contributed by atoms with Gasteiger partial charge in [0.25, 0.3) is 5.91 Å². The van der Waals surface area contributed by atoms with Gasteiger partial charge < -0.3 is 16.0 Å². The lowest BCUT2D eigenvalue weighted by Gasteiger charge is -2.08. The molecule has 0 aliphatic rings. The maximum atomic E-state index is 11.8. The van der Waals surface area contributed by atoms with E-state index in [1.807, 2.05) is 43.3 Å². The molecule has 1 heterocycles. The number of aryl methyl sites for hydroxylation is 1. The molecule has 0 bridgehead atoms. The number of thiophene rings is 1. The van der Waals surface area contributed by atoms with Gasteiger partial charge in [0.1, 0.15) is 0 Å². The molecule has 0 aliphatic heterocycles. The molecule has 2 aromatic rings. The Morgan fingerprint density at radius 1 is 0.880 bits per heavy atom. The van der Waals surface area contributed by atoms with Gasteiger partial charge in [0.15, 0.2) is 0 Å². The zero-order chi connectivity index (χ0) is 18.1. The molecule has 3 amide bonds. The topological polar surface area (TPSA) is 87.3 Å². The van der Waals surface area contributed by atoms with Gasteiger partial charge in [0.05, 0.1) is 17.8 Å². The van der Waals surface area contributed by atoms with Crippen molar-refractivity contribution in [1.29, 1.82) is 0 Å². The van der Waals surface area contributed by atoms with Crippen LogP contribution in [0.2, 0.25) is 0 Å². The van der Waals surface area contributed by atoms with E-state index in [0.717, 1.165) is 10.4 Å².